The molecule has 1 fully saturated rings. The number of rotatable bonds is 3. The van der Waals surface area contributed by atoms with E-state index < -0.39 is 0 Å². The molecule has 1 aliphatic rings. The molecule has 2 atom stereocenters. The predicted molar refractivity (Wildman–Crippen MR) is 50.4 cm³/mol. The summed E-state index contributed by atoms with van der Waals surface area (Å²) < 4.78 is 5.16. The zero-order valence-electron chi connectivity index (χ0n) is 8.25. The van der Waals surface area contributed by atoms with E-state index >= 15 is 0 Å². The molecule has 0 aliphatic carbocycles. The molecule has 5 nitrogen and oxygen atoms in total. The Hall–Kier alpha value is -1.12. The van der Waals surface area contributed by atoms with Gasteiger partial charge in [-0.25, -0.2) is 0 Å². The first kappa shape index (κ1) is 11.0. The van der Waals surface area contributed by atoms with Gasteiger partial charge < -0.3 is 15.4 Å². The largest absolute Gasteiger partial charge is 0.378 e. The highest BCUT2D eigenvalue weighted by Crippen LogP contribution is 1.95. The normalized spacial score (nSPS) is 23.6. The highest BCUT2D eigenvalue weighted by atomic mass is 16.5. The number of nitriles is 1. The van der Waals surface area contributed by atoms with Crippen molar-refractivity contribution in [1.82, 2.24) is 10.6 Å². The number of morpholine rings is 1. The summed E-state index contributed by atoms with van der Waals surface area (Å²) in [7, 11) is 0. The summed E-state index contributed by atoms with van der Waals surface area (Å²) in [4.78, 5) is 11.5. The molecule has 0 radical (unpaired) electrons. The second-order valence-corrected chi connectivity index (χ2v) is 3.35. The van der Waals surface area contributed by atoms with Crippen molar-refractivity contribution in [3.8, 4) is 6.07 Å². The van der Waals surface area contributed by atoms with Crippen molar-refractivity contribution < 1.29 is 9.53 Å². The van der Waals surface area contributed by atoms with E-state index in [4.69, 9.17) is 10.00 Å². The van der Waals surface area contributed by atoms with Gasteiger partial charge in [0.15, 0.2) is 0 Å². The molecule has 1 rings (SSSR count). The fourth-order valence-electron chi connectivity index (χ4n) is 1.27. The van der Waals surface area contributed by atoms with Gasteiger partial charge in [0.1, 0.15) is 6.04 Å². The van der Waals surface area contributed by atoms with Crippen molar-refractivity contribution in [2.75, 3.05) is 19.8 Å². The molecule has 1 aliphatic heterocycles. The number of nitrogens with zero attached hydrogens (tertiary/aromatic N) is 1. The molecule has 0 spiro atoms. The van der Waals surface area contributed by atoms with Crippen LogP contribution in [0.4, 0.5) is 0 Å². The highest BCUT2D eigenvalue weighted by Gasteiger charge is 2.21. The molecule has 2 N–H and O–H groups in total. The number of ether oxygens (including phenoxy) is 1. The van der Waals surface area contributed by atoms with Gasteiger partial charge >= 0.3 is 0 Å². The quantitative estimate of drug-likeness (QED) is 0.633. The van der Waals surface area contributed by atoms with E-state index in [1.807, 2.05) is 13.0 Å². The lowest BCUT2D eigenvalue weighted by molar-refractivity contribution is -0.126. The van der Waals surface area contributed by atoms with Crippen LogP contribution in [0.2, 0.25) is 0 Å². The van der Waals surface area contributed by atoms with Crippen LogP contribution in [0.5, 0.6) is 0 Å². The molecule has 0 aromatic carbocycles. The van der Waals surface area contributed by atoms with Crippen LogP contribution in [-0.2, 0) is 9.53 Å². The Morgan fingerprint density at radius 2 is 2.64 bits per heavy atom. The molecule has 0 saturated carbocycles. The van der Waals surface area contributed by atoms with Gasteiger partial charge in [-0.2, -0.15) is 5.26 Å². The van der Waals surface area contributed by atoms with Gasteiger partial charge in [-0.05, 0) is 6.92 Å². The molecule has 2 unspecified atom stereocenters. The van der Waals surface area contributed by atoms with E-state index in [2.05, 4.69) is 10.6 Å². The molecule has 1 saturated heterocycles. The minimum absolute atomic E-state index is 0.0903. The van der Waals surface area contributed by atoms with E-state index in [1.54, 1.807) is 0 Å². The van der Waals surface area contributed by atoms with Crippen molar-refractivity contribution in [3.63, 3.8) is 0 Å². The fraction of sp³-hybridized carbons (Fsp3) is 0.778. The summed E-state index contributed by atoms with van der Waals surface area (Å²) in [5.74, 6) is -0.0903. The monoisotopic (exact) mass is 197 g/mol. The maximum atomic E-state index is 11.5. The standard InChI is InChI=1S/C9H15N3O2/c1-7(2-3-10)12-9(13)8-6-14-5-4-11-8/h7-8,11H,2,4-6H2,1H3,(H,12,13). The van der Waals surface area contributed by atoms with Crippen LogP contribution >= 0.6 is 0 Å². The van der Waals surface area contributed by atoms with Crippen LogP contribution in [0.1, 0.15) is 13.3 Å². The fourth-order valence-corrected chi connectivity index (χ4v) is 1.27. The van der Waals surface area contributed by atoms with E-state index in [0.29, 0.717) is 26.2 Å². The third kappa shape index (κ3) is 3.32. The third-order valence-electron chi connectivity index (χ3n) is 2.02. The number of amides is 1. The Morgan fingerprint density at radius 3 is 3.21 bits per heavy atom. The lowest BCUT2D eigenvalue weighted by atomic mass is 10.2. The van der Waals surface area contributed by atoms with Crippen molar-refractivity contribution >= 4 is 5.91 Å². The van der Waals surface area contributed by atoms with Gasteiger partial charge in [0.2, 0.25) is 5.91 Å². The minimum atomic E-state index is -0.273. The topological polar surface area (TPSA) is 74.2 Å². The van der Waals surface area contributed by atoms with Gasteiger partial charge in [0.25, 0.3) is 0 Å². The van der Waals surface area contributed by atoms with Gasteiger partial charge in [-0.15, -0.1) is 0 Å². The lowest BCUT2D eigenvalue weighted by Crippen LogP contribution is -2.52. The average molecular weight is 197 g/mol. The highest BCUT2D eigenvalue weighted by molar-refractivity contribution is 5.82. The minimum Gasteiger partial charge on any atom is -0.378 e. The maximum Gasteiger partial charge on any atom is 0.239 e. The van der Waals surface area contributed by atoms with Crippen molar-refractivity contribution in [2.45, 2.75) is 25.4 Å². The van der Waals surface area contributed by atoms with Crippen LogP contribution < -0.4 is 10.6 Å². The first-order chi connectivity index (χ1) is 6.74. The first-order valence-corrected chi connectivity index (χ1v) is 4.72. The molecule has 5 heteroatoms. The first-order valence-electron chi connectivity index (χ1n) is 4.72. The summed E-state index contributed by atoms with van der Waals surface area (Å²) in [5.41, 5.74) is 0. The molecule has 1 amide bonds. The Labute approximate surface area is 83.4 Å². The average Bonchev–Trinajstić information content (AvgIpc) is 2.19. The zero-order chi connectivity index (χ0) is 10.4. The lowest BCUT2D eigenvalue weighted by Gasteiger charge is -2.24. The molecule has 0 aromatic rings. The Balaban J connectivity index is 2.30. The van der Waals surface area contributed by atoms with E-state index in [-0.39, 0.29) is 18.0 Å². The summed E-state index contributed by atoms with van der Waals surface area (Å²) in [6.45, 7) is 3.57. The molecule has 78 valence electrons. The second kappa shape index (κ2) is 5.58. The molecular weight excluding hydrogens is 182 g/mol. The molecule has 0 bridgehead atoms. The Morgan fingerprint density at radius 1 is 1.86 bits per heavy atom. The molecular formula is C9H15N3O2. The van der Waals surface area contributed by atoms with Crippen LogP contribution in [0.25, 0.3) is 0 Å². The van der Waals surface area contributed by atoms with Crippen LogP contribution in [-0.4, -0.2) is 37.7 Å². The van der Waals surface area contributed by atoms with Crippen molar-refractivity contribution in [1.29, 1.82) is 5.26 Å². The summed E-state index contributed by atoms with van der Waals surface area (Å²) in [5, 5.41) is 14.2. The number of carbonyl (C=O) groups is 1. The Bertz CT molecular complexity index is 231. The van der Waals surface area contributed by atoms with Crippen LogP contribution in [0.15, 0.2) is 0 Å². The van der Waals surface area contributed by atoms with Crippen molar-refractivity contribution in [2.24, 2.45) is 0 Å². The van der Waals surface area contributed by atoms with Gasteiger partial charge in [-0.3, -0.25) is 4.79 Å². The van der Waals surface area contributed by atoms with Crippen LogP contribution in [0, 0.1) is 11.3 Å². The van der Waals surface area contributed by atoms with Gasteiger partial charge in [-0.1, -0.05) is 0 Å². The predicted octanol–water partition coefficient (Wildman–Crippen LogP) is -0.607. The van der Waals surface area contributed by atoms with E-state index in [0.717, 1.165) is 0 Å². The van der Waals surface area contributed by atoms with Crippen LogP contribution in [0.3, 0.4) is 0 Å². The van der Waals surface area contributed by atoms with E-state index in [9.17, 15) is 4.79 Å². The summed E-state index contributed by atoms with van der Waals surface area (Å²) in [6, 6.07) is 1.64. The number of carbonyl (C=O) groups excluding carboxylic acids is 1. The zero-order valence-corrected chi connectivity index (χ0v) is 8.25. The van der Waals surface area contributed by atoms with Gasteiger partial charge in [0.05, 0.1) is 25.7 Å². The smallest absolute Gasteiger partial charge is 0.239 e. The number of hydrogen-bond acceptors (Lipinski definition) is 4. The van der Waals surface area contributed by atoms with Gasteiger partial charge in [0, 0.05) is 12.6 Å². The summed E-state index contributed by atoms with van der Waals surface area (Å²) in [6.07, 6.45) is 0.333. The molecule has 1 heterocycles. The van der Waals surface area contributed by atoms with E-state index in [1.165, 1.54) is 0 Å². The third-order valence-corrected chi connectivity index (χ3v) is 2.02. The molecule has 0 aromatic heterocycles. The maximum absolute atomic E-state index is 11.5. The SMILES string of the molecule is CC(CC#N)NC(=O)C1COCCN1. The van der Waals surface area contributed by atoms with Crippen molar-refractivity contribution in [3.05, 3.63) is 0 Å². The number of nitrogens with one attached hydrogen (secondary N) is 2. The second-order valence-electron chi connectivity index (χ2n) is 3.35. The number of hydrogen-bond donors (Lipinski definition) is 2. The summed E-state index contributed by atoms with van der Waals surface area (Å²) >= 11 is 0. The molecule has 14 heavy (non-hydrogen) atoms. The Kier molecular flexibility index (Phi) is 4.36.